The molecule has 0 bridgehead atoms. The highest BCUT2D eigenvalue weighted by Gasteiger charge is 2.52. The summed E-state index contributed by atoms with van der Waals surface area (Å²) >= 11 is 0. The van der Waals surface area contributed by atoms with Crippen molar-refractivity contribution in [3.8, 4) is 5.75 Å². The zero-order valence-electron chi connectivity index (χ0n) is 28.3. The molecule has 1 heterocycles. The Hall–Kier alpha value is -2.72. The normalized spacial score (nSPS) is 23.1. The molecule has 0 aliphatic carbocycles. The van der Waals surface area contributed by atoms with Crippen molar-refractivity contribution in [2.24, 2.45) is 10.8 Å². The fraction of sp³-hybridized carbons (Fsp3) is 0.600. The van der Waals surface area contributed by atoms with Gasteiger partial charge in [0.15, 0.2) is 20.5 Å². The van der Waals surface area contributed by atoms with Crippen LogP contribution in [0.25, 0.3) is 0 Å². The van der Waals surface area contributed by atoms with Gasteiger partial charge in [0.1, 0.15) is 30.7 Å². The quantitative estimate of drug-likeness (QED) is 0.234. The number of benzene rings is 2. The molecule has 1 saturated heterocycles. The van der Waals surface area contributed by atoms with E-state index in [1.54, 1.807) is 41.5 Å². The molecular formula is C35H52O8Si. The van der Waals surface area contributed by atoms with Crippen molar-refractivity contribution < 1.29 is 38.1 Å². The number of hydrogen-bond acceptors (Lipinski definition) is 8. The van der Waals surface area contributed by atoms with Gasteiger partial charge in [-0.2, -0.15) is 0 Å². The van der Waals surface area contributed by atoms with Gasteiger partial charge in [-0.3, -0.25) is 9.59 Å². The Morgan fingerprint density at radius 2 is 1.32 bits per heavy atom. The first-order chi connectivity index (χ1) is 20.2. The van der Waals surface area contributed by atoms with Gasteiger partial charge < -0.3 is 28.5 Å². The van der Waals surface area contributed by atoms with E-state index >= 15 is 0 Å². The predicted octanol–water partition coefficient (Wildman–Crippen LogP) is 7.00. The van der Waals surface area contributed by atoms with Crippen LogP contribution < -0.4 is 4.74 Å². The van der Waals surface area contributed by atoms with Crippen LogP contribution in [-0.4, -0.2) is 56.4 Å². The first-order valence-corrected chi connectivity index (χ1v) is 18.3. The number of rotatable bonds is 9. The van der Waals surface area contributed by atoms with Crippen LogP contribution in [0.3, 0.4) is 0 Å². The summed E-state index contributed by atoms with van der Waals surface area (Å²) in [5.41, 5.74) is 0.0310. The summed E-state index contributed by atoms with van der Waals surface area (Å²) in [6.45, 7) is 21.6. The molecule has 0 radical (unpaired) electrons. The highest BCUT2D eigenvalue weighted by atomic mass is 28.4. The fourth-order valence-corrected chi connectivity index (χ4v) is 5.23. The van der Waals surface area contributed by atoms with Crippen molar-refractivity contribution in [2.75, 3.05) is 6.61 Å². The summed E-state index contributed by atoms with van der Waals surface area (Å²) in [5.74, 6) is -0.355. The Labute approximate surface area is 264 Å². The number of carbonyl (C=O) groups excluding carboxylic acids is 2. The van der Waals surface area contributed by atoms with E-state index in [9.17, 15) is 14.7 Å². The second-order valence-electron chi connectivity index (χ2n) is 15.2. The largest absolute Gasteiger partial charge is 0.489 e. The van der Waals surface area contributed by atoms with Gasteiger partial charge in [-0.25, -0.2) is 0 Å². The van der Waals surface area contributed by atoms with Crippen LogP contribution in [0.1, 0.15) is 79.5 Å². The van der Waals surface area contributed by atoms with E-state index < -0.39 is 61.6 Å². The van der Waals surface area contributed by atoms with Gasteiger partial charge in [-0.05, 0) is 82.9 Å². The van der Waals surface area contributed by atoms with E-state index in [2.05, 4.69) is 33.9 Å². The number of hydrogen-bond donors (Lipinski definition) is 1. The van der Waals surface area contributed by atoms with Gasteiger partial charge in [0.25, 0.3) is 0 Å². The summed E-state index contributed by atoms with van der Waals surface area (Å²) in [7, 11) is -2.25. The molecule has 2 aromatic rings. The summed E-state index contributed by atoms with van der Waals surface area (Å²) in [6.07, 6.45) is -5.28. The first kappa shape index (κ1) is 35.8. The van der Waals surface area contributed by atoms with Crippen molar-refractivity contribution in [3.05, 3.63) is 65.7 Å². The van der Waals surface area contributed by atoms with Crippen molar-refractivity contribution >= 4 is 20.3 Å². The molecule has 2 aromatic carbocycles. The average molecular weight is 629 g/mol. The lowest BCUT2D eigenvalue weighted by atomic mass is 9.89. The molecule has 1 aliphatic heterocycles. The zero-order valence-corrected chi connectivity index (χ0v) is 29.3. The Bertz CT molecular complexity index is 1240. The van der Waals surface area contributed by atoms with E-state index in [1.807, 2.05) is 54.6 Å². The number of carbonyl (C=O) groups is 2. The molecule has 1 N–H and O–H groups in total. The molecule has 244 valence electrons. The molecule has 1 aliphatic rings. The number of ether oxygens (including phenoxy) is 4. The lowest BCUT2D eigenvalue weighted by Gasteiger charge is -2.46. The highest BCUT2D eigenvalue weighted by molar-refractivity contribution is 6.74. The van der Waals surface area contributed by atoms with Gasteiger partial charge in [0, 0.05) is 0 Å². The van der Waals surface area contributed by atoms with Crippen molar-refractivity contribution in [2.45, 2.75) is 118 Å². The van der Waals surface area contributed by atoms with Gasteiger partial charge in [0.05, 0.1) is 17.4 Å². The molecule has 8 nitrogen and oxygen atoms in total. The smallest absolute Gasteiger partial charge is 0.311 e. The molecule has 44 heavy (non-hydrogen) atoms. The number of aliphatic hydroxyl groups is 1. The Morgan fingerprint density at radius 3 is 1.82 bits per heavy atom. The van der Waals surface area contributed by atoms with E-state index in [-0.39, 0.29) is 11.6 Å². The van der Waals surface area contributed by atoms with E-state index in [0.717, 1.165) is 5.56 Å². The summed E-state index contributed by atoms with van der Waals surface area (Å²) in [4.78, 5) is 26.4. The minimum Gasteiger partial charge on any atom is -0.489 e. The first-order valence-electron chi connectivity index (χ1n) is 15.4. The number of aliphatic hydroxyl groups excluding tert-OH is 1. The van der Waals surface area contributed by atoms with Gasteiger partial charge in [-0.15, -0.1) is 0 Å². The lowest BCUT2D eigenvalue weighted by Crippen LogP contribution is -2.60. The van der Waals surface area contributed by atoms with Crippen molar-refractivity contribution in [1.29, 1.82) is 0 Å². The Balaban J connectivity index is 1.96. The molecule has 1 fully saturated rings. The molecular weight excluding hydrogens is 576 g/mol. The highest BCUT2D eigenvalue weighted by Crippen LogP contribution is 2.40. The number of esters is 2. The second-order valence-corrected chi connectivity index (χ2v) is 20.0. The predicted molar refractivity (Wildman–Crippen MR) is 173 cm³/mol. The van der Waals surface area contributed by atoms with Crippen LogP contribution >= 0.6 is 0 Å². The SMILES string of the molecule is CC(C)(C)C(=O)OC1[C@@H](CO[Si](C)(C)C(C)(C)C)O[C@H](c2ccc(OCc3ccccc3)cc2)[C@H](O)[C@H]1OC(=O)C(C)(C)C. The third-order valence-electron chi connectivity index (χ3n) is 8.24. The molecule has 0 aromatic heterocycles. The third-order valence-corrected chi connectivity index (χ3v) is 12.7. The van der Waals surface area contributed by atoms with Gasteiger partial charge >= 0.3 is 11.9 Å². The molecule has 1 unspecified atom stereocenters. The summed E-state index contributed by atoms with van der Waals surface area (Å²) in [6, 6.07) is 17.2. The van der Waals surface area contributed by atoms with Crippen molar-refractivity contribution in [3.63, 3.8) is 0 Å². The molecule has 0 saturated carbocycles. The van der Waals surface area contributed by atoms with E-state index in [4.69, 9.17) is 23.4 Å². The summed E-state index contributed by atoms with van der Waals surface area (Å²) < 4.78 is 31.0. The van der Waals surface area contributed by atoms with Crippen LogP contribution in [0.4, 0.5) is 0 Å². The van der Waals surface area contributed by atoms with Crippen LogP contribution in [0.5, 0.6) is 5.75 Å². The Morgan fingerprint density at radius 1 is 0.795 bits per heavy atom. The average Bonchev–Trinajstić information content (AvgIpc) is 2.92. The maximum Gasteiger partial charge on any atom is 0.311 e. The zero-order chi connectivity index (χ0) is 33.1. The molecule has 0 amide bonds. The fourth-order valence-electron chi connectivity index (χ4n) is 4.22. The van der Waals surface area contributed by atoms with Crippen molar-refractivity contribution in [1.82, 2.24) is 0 Å². The monoisotopic (exact) mass is 628 g/mol. The minimum absolute atomic E-state index is 0.0775. The molecule has 5 atom stereocenters. The molecule has 9 heteroatoms. The Kier molecular flexibility index (Phi) is 11.2. The molecule has 3 rings (SSSR count). The van der Waals surface area contributed by atoms with Gasteiger partial charge in [-0.1, -0.05) is 63.2 Å². The van der Waals surface area contributed by atoms with E-state index in [1.165, 1.54) is 0 Å². The van der Waals surface area contributed by atoms with Crippen LogP contribution in [0.15, 0.2) is 54.6 Å². The van der Waals surface area contributed by atoms with Crippen LogP contribution in [0.2, 0.25) is 18.1 Å². The maximum absolute atomic E-state index is 13.2. The van der Waals surface area contributed by atoms with E-state index in [0.29, 0.717) is 17.9 Å². The lowest BCUT2D eigenvalue weighted by molar-refractivity contribution is -0.252. The third kappa shape index (κ3) is 9.16. The minimum atomic E-state index is -2.25. The second kappa shape index (κ2) is 13.7. The topological polar surface area (TPSA) is 101 Å². The van der Waals surface area contributed by atoms with Gasteiger partial charge in [0.2, 0.25) is 0 Å². The van der Waals surface area contributed by atoms with Crippen LogP contribution in [-0.2, 0) is 34.8 Å². The maximum atomic E-state index is 13.2. The summed E-state index contributed by atoms with van der Waals surface area (Å²) in [5, 5.41) is 11.6. The molecule has 0 spiro atoms. The van der Waals surface area contributed by atoms with Crippen LogP contribution in [0, 0.1) is 10.8 Å². The standard InChI is InChI=1S/C35H52O8Si/c1-33(2,3)31(37)42-29-26(22-40-44(10,11)35(7,8)9)41-28(27(36)30(29)43-32(38)34(4,5)6)24-17-19-25(20-18-24)39-21-23-15-13-12-14-16-23/h12-20,26-30,36H,21-22H2,1-11H3/t26-,27+,28-,29?,30-/m1/s1.